The van der Waals surface area contributed by atoms with E-state index in [1.54, 1.807) is 21.3 Å². The average Bonchev–Trinajstić information content (AvgIpc) is 2.53. The summed E-state index contributed by atoms with van der Waals surface area (Å²) in [7, 11) is 2.34. The molecule has 0 radical (unpaired) electrons. The number of hydrogen-bond acceptors (Lipinski definition) is 6. The minimum Gasteiger partial charge on any atom is -0.376 e. The Hall–Kier alpha value is 0.367. The highest BCUT2D eigenvalue weighted by atomic mass is 32.1. The summed E-state index contributed by atoms with van der Waals surface area (Å²) in [6.07, 6.45) is 2.21. The molecule has 0 aliphatic carbocycles. The van der Waals surface area contributed by atoms with Crippen LogP contribution in [0.25, 0.3) is 0 Å². The lowest BCUT2D eigenvalue weighted by Gasteiger charge is -2.48. The van der Waals surface area contributed by atoms with Gasteiger partial charge < -0.3 is 18.6 Å². The summed E-state index contributed by atoms with van der Waals surface area (Å²) in [5.74, 6) is 0.329. The van der Waals surface area contributed by atoms with Crippen molar-refractivity contribution in [2.45, 2.75) is 50.6 Å². The zero-order chi connectivity index (χ0) is 16.8. The second-order valence-corrected chi connectivity index (χ2v) is 9.85. The van der Waals surface area contributed by atoms with Crippen LogP contribution in [0.15, 0.2) is 0 Å². The fourth-order valence-corrected chi connectivity index (χ4v) is 6.95. The Labute approximate surface area is 142 Å². The van der Waals surface area contributed by atoms with Gasteiger partial charge in [0.05, 0.1) is 5.67 Å². The number of hydrogen-bond donors (Lipinski definition) is 2. The highest BCUT2D eigenvalue weighted by molar-refractivity contribution is 7.81. The van der Waals surface area contributed by atoms with Crippen molar-refractivity contribution in [1.29, 1.82) is 0 Å². The summed E-state index contributed by atoms with van der Waals surface area (Å²) in [6.45, 7) is 9.65. The first-order chi connectivity index (χ1) is 10.5. The lowest BCUT2D eigenvalue weighted by Crippen LogP contribution is -2.69. The summed E-state index contributed by atoms with van der Waals surface area (Å²) in [4.78, 5) is 2.50. The summed E-state index contributed by atoms with van der Waals surface area (Å²) in [6, 6.07) is 0.427. The molecular weight excluding hydrogens is 316 g/mol. The molecule has 1 aliphatic heterocycles. The summed E-state index contributed by atoms with van der Waals surface area (Å²) >= 11 is 4.86. The van der Waals surface area contributed by atoms with E-state index < -0.39 is 8.80 Å². The van der Waals surface area contributed by atoms with Gasteiger partial charge in [0.1, 0.15) is 0 Å². The molecule has 0 aromatic heterocycles. The van der Waals surface area contributed by atoms with Crippen molar-refractivity contribution >= 4 is 21.4 Å². The first-order valence-corrected chi connectivity index (χ1v) is 10.6. The van der Waals surface area contributed by atoms with E-state index in [4.69, 9.17) is 25.9 Å². The maximum absolute atomic E-state index is 5.85. The SMILES string of the molecule is CCCC(S)C(C)C(N1CCNCC1C)[Si](OC)(OC)OC. The molecule has 1 saturated heterocycles. The van der Waals surface area contributed by atoms with Crippen LogP contribution in [0.3, 0.4) is 0 Å². The van der Waals surface area contributed by atoms with E-state index >= 15 is 0 Å². The van der Waals surface area contributed by atoms with Crippen LogP contribution in [0.2, 0.25) is 0 Å². The normalized spacial score (nSPS) is 25.0. The minimum atomic E-state index is -2.78. The van der Waals surface area contributed by atoms with E-state index in [9.17, 15) is 0 Å². The van der Waals surface area contributed by atoms with Crippen LogP contribution in [-0.2, 0) is 13.3 Å². The molecule has 5 nitrogen and oxygen atoms in total. The predicted molar refractivity (Wildman–Crippen MR) is 96.5 cm³/mol. The Morgan fingerprint density at radius 3 is 2.32 bits per heavy atom. The third-order valence-corrected chi connectivity index (χ3v) is 8.83. The van der Waals surface area contributed by atoms with Gasteiger partial charge in [-0.1, -0.05) is 20.3 Å². The number of piperazine rings is 1. The Kier molecular flexibility index (Phi) is 8.92. The lowest BCUT2D eigenvalue weighted by atomic mass is 10.0. The molecular formula is C15H34N2O3SSi. The van der Waals surface area contributed by atoms with Gasteiger partial charge in [-0.05, 0) is 19.3 Å². The van der Waals surface area contributed by atoms with Crippen molar-refractivity contribution in [3.63, 3.8) is 0 Å². The third-order valence-electron chi connectivity index (χ3n) is 4.82. The molecule has 0 amide bonds. The van der Waals surface area contributed by atoms with E-state index in [-0.39, 0.29) is 5.67 Å². The number of nitrogens with zero attached hydrogens (tertiary/aromatic N) is 1. The predicted octanol–water partition coefficient (Wildman–Crippen LogP) is 1.80. The molecule has 0 aromatic rings. The maximum atomic E-state index is 5.85. The Morgan fingerprint density at radius 2 is 1.86 bits per heavy atom. The molecule has 1 fully saturated rings. The van der Waals surface area contributed by atoms with E-state index in [2.05, 4.69) is 31.0 Å². The minimum absolute atomic E-state index is 0.124. The molecule has 7 heteroatoms. The van der Waals surface area contributed by atoms with Gasteiger partial charge in [-0.2, -0.15) is 12.6 Å². The first kappa shape index (κ1) is 20.4. The van der Waals surface area contributed by atoms with Crippen LogP contribution in [0, 0.1) is 5.92 Å². The highest BCUT2D eigenvalue weighted by Gasteiger charge is 2.54. The Morgan fingerprint density at radius 1 is 1.27 bits per heavy atom. The summed E-state index contributed by atoms with van der Waals surface area (Å²) in [5.41, 5.74) is 0.124. The van der Waals surface area contributed by atoms with Gasteiger partial charge in [-0.25, -0.2) is 0 Å². The monoisotopic (exact) mass is 350 g/mol. The summed E-state index contributed by atoms with van der Waals surface area (Å²) < 4.78 is 17.5. The van der Waals surface area contributed by atoms with Crippen molar-refractivity contribution in [3.05, 3.63) is 0 Å². The van der Waals surface area contributed by atoms with Crippen LogP contribution in [0.5, 0.6) is 0 Å². The van der Waals surface area contributed by atoms with Gasteiger partial charge in [0.15, 0.2) is 0 Å². The van der Waals surface area contributed by atoms with Crippen LogP contribution < -0.4 is 5.32 Å². The second-order valence-electron chi connectivity index (χ2n) is 6.17. The van der Waals surface area contributed by atoms with Crippen molar-refractivity contribution < 1.29 is 13.3 Å². The van der Waals surface area contributed by atoms with E-state index in [0.29, 0.717) is 17.2 Å². The smallest absolute Gasteiger partial charge is 0.376 e. The Balaban J connectivity index is 3.12. The van der Waals surface area contributed by atoms with Gasteiger partial charge in [0.2, 0.25) is 0 Å². The average molecular weight is 351 g/mol. The van der Waals surface area contributed by atoms with Crippen molar-refractivity contribution in [2.75, 3.05) is 41.0 Å². The van der Waals surface area contributed by atoms with Crippen molar-refractivity contribution in [3.8, 4) is 0 Å². The number of nitrogens with one attached hydrogen (secondary N) is 1. The van der Waals surface area contributed by atoms with Gasteiger partial charge in [0.25, 0.3) is 0 Å². The zero-order valence-electron chi connectivity index (χ0n) is 15.0. The quantitative estimate of drug-likeness (QED) is 0.490. The maximum Gasteiger partial charge on any atom is 0.518 e. The fraction of sp³-hybridized carbons (Fsp3) is 1.00. The molecule has 1 aliphatic rings. The topological polar surface area (TPSA) is 43.0 Å². The standard InChI is InChI=1S/C15H34N2O3SSi/c1-7-8-14(21)13(3)15(22(18-4,19-5)20-6)17-10-9-16-11-12(17)2/h12-16,21H,7-11H2,1-6H3. The van der Waals surface area contributed by atoms with Gasteiger partial charge in [0, 0.05) is 52.3 Å². The molecule has 0 saturated carbocycles. The fourth-order valence-electron chi connectivity index (χ4n) is 3.48. The van der Waals surface area contributed by atoms with Gasteiger partial charge >= 0.3 is 8.80 Å². The first-order valence-electron chi connectivity index (χ1n) is 8.27. The van der Waals surface area contributed by atoms with E-state index in [1.807, 2.05) is 0 Å². The van der Waals surface area contributed by atoms with Crippen LogP contribution >= 0.6 is 12.6 Å². The molecule has 0 bridgehead atoms. The summed E-state index contributed by atoms with van der Waals surface area (Å²) in [5, 5.41) is 3.76. The molecule has 1 rings (SSSR count). The second kappa shape index (κ2) is 9.61. The molecule has 4 unspecified atom stereocenters. The lowest BCUT2D eigenvalue weighted by molar-refractivity contribution is 0.0326. The Bertz CT molecular complexity index is 313. The van der Waals surface area contributed by atoms with E-state index in [0.717, 1.165) is 32.5 Å². The third kappa shape index (κ3) is 4.46. The zero-order valence-corrected chi connectivity index (χ0v) is 16.9. The van der Waals surface area contributed by atoms with Gasteiger partial charge in [-0.3, -0.25) is 4.90 Å². The molecule has 0 aromatic carbocycles. The number of rotatable bonds is 9. The highest BCUT2D eigenvalue weighted by Crippen LogP contribution is 2.31. The van der Waals surface area contributed by atoms with Crippen LogP contribution in [0.1, 0.15) is 33.6 Å². The molecule has 22 heavy (non-hydrogen) atoms. The van der Waals surface area contributed by atoms with Crippen molar-refractivity contribution in [1.82, 2.24) is 10.2 Å². The molecule has 1 heterocycles. The van der Waals surface area contributed by atoms with Crippen LogP contribution in [-0.4, -0.2) is 71.6 Å². The molecule has 1 N–H and O–H groups in total. The molecule has 4 atom stereocenters. The van der Waals surface area contributed by atoms with Crippen LogP contribution in [0.4, 0.5) is 0 Å². The largest absolute Gasteiger partial charge is 0.518 e. The number of thiol groups is 1. The van der Waals surface area contributed by atoms with E-state index in [1.165, 1.54) is 0 Å². The van der Waals surface area contributed by atoms with Crippen molar-refractivity contribution in [2.24, 2.45) is 5.92 Å². The molecule has 132 valence electrons. The van der Waals surface area contributed by atoms with Gasteiger partial charge in [-0.15, -0.1) is 0 Å². The molecule has 0 spiro atoms.